The molecule has 1 amide bonds. The molecule has 6 nitrogen and oxygen atoms in total. The van der Waals surface area contributed by atoms with Crippen LogP contribution in [0.3, 0.4) is 0 Å². The van der Waals surface area contributed by atoms with E-state index in [9.17, 15) is 14.7 Å². The van der Waals surface area contributed by atoms with E-state index in [2.05, 4.69) is 18.8 Å². The quantitative estimate of drug-likeness (QED) is 0.546. The molecule has 1 heterocycles. The fourth-order valence-electron chi connectivity index (χ4n) is 4.88. The maximum absolute atomic E-state index is 13.8. The van der Waals surface area contributed by atoms with Crippen LogP contribution >= 0.6 is 11.3 Å². The van der Waals surface area contributed by atoms with E-state index in [0.29, 0.717) is 23.1 Å². The zero-order valence-electron chi connectivity index (χ0n) is 20.0. The van der Waals surface area contributed by atoms with Crippen LogP contribution in [0.1, 0.15) is 86.7 Å². The molecule has 7 heteroatoms. The van der Waals surface area contributed by atoms with Gasteiger partial charge in [-0.1, -0.05) is 32.6 Å². The van der Waals surface area contributed by atoms with Gasteiger partial charge in [0.05, 0.1) is 29.9 Å². The average Bonchev–Trinajstić information content (AvgIpc) is 3.22. The number of aliphatic hydroxyl groups is 1. The second-order valence-corrected chi connectivity index (χ2v) is 10.8. The summed E-state index contributed by atoms with van der Waals surface area (Å²) in [7, 11) is 0. The SMILES string of the molecule is CC(C)C#Cc1cc(N(C(=O)[C@H]2CC[C@H](C)CC2)[C@H]2CC[C@@H](OCCO)CC2)c(C(=O)O)s1. The Morgan fingerprint density at radius 1 is 1.15 bits per heavy atom. The van der Waals surface area contributed by atoms with Crippen molar-refractivity contribution in [1.29, 1.82) is 0 Å². The van der Waals surface area contributed by atoms with Crippen LogP contribution in [0, 0.1) is 29.6 Å². The number of carboxylic acids is 1. The summed E-state index contributed by atoms with van der Waals surface area (Å²) in [5.74, 6) is 6.01. The van der Waals surface area contributed by atoms with Crippen LogP contribution in [-0.2, 0) is 9.53 Å². The molecule has 3 rings (SSSR count). The van der Waals surface area contributed by atoms with E-state index in [-0.39, 0.29) is 41.4 Å². The second-order valence-electron chi connectivity index (χ2n) is 9.74. The largest absolute Gasteiger partial charge is 0.477 e. The predicted molar refractivity (Wildman–Crippen MR) is 131 cm³/mol. The standard InChI is InChI=1S/C26H37NO5S/c1-17(2)4-13-22-16-23(24(33-22)26(30)31)27(25(29)19-7-5-18(3)6-8-19)20-9-11-21(12-10-20)32-15-14-28/h16-21,28H,5-12,14-15H2,1-3H3,(H,30,31)/t18-,19-,20-,21+. The third kappa shape index (κ3) is 6.81. The van der Waals surface area contributed by atoms with E-state index in [0.717, 1.165) is 62.7 Å². The summed E-state index contributed by atoms with van der Waals surface area (Å²) >= 11 is 1.16. The number of ether oxygens (including phenoxy) is 1. The Labute approximate surface area is 201 Å². The van der Waals surface area contributed by atoms with Gasteiger partial charge in [0.15, 0.2) is 0 Å². The normalized spacial score (nSPS) is 25.4. The first-order chi connectivity index (χ1) is 15.8. The van der Waals surface area contributed by atoms with Gasteiger partial charge in [0.1, 0.15) is 4.88 Å². The Morgan fingerprint density at radius 3 is 2.39 bits per heavy atom. The van der Waals surface area contributed by atoms with Crippen molar-refractivity contribution < 1.29 is 24.5 Å². The molecule has 2 fully saturated rings. The Balaban J connectivity index is 1.91. The third-order valence-corrected chi connectivity index (χ3v) is 7.73. The number of aromatic carboxylic acids is 1. The van der Waals surface area contributed by atoms with Gasteiger partial charge in [-0.05, 0) is 63.4 Å². The summed E-state index contributed by atoms with van der Waals surface area (Å²) in [5.41, 5.74) is 0.504. The number of hydrogen-bond donors (Lipinski definition) is 2. The molecule has 1 aromatic rings. The van der Waals surface area contributed by atoms with Crippen molar-refractivity contribution >= 4 is 28.9 Å². The Kier molecular flexibility index (Phi) is 9.37. The van der Waals surface area contributed by atoms with Crippen LogP contribution in [0.4, 0.5) is 5.69 Å². The molecule has 2 N–H and O–H groups in total. The summed E-state index contributed by atoms with van der Waals surface area (Å²) in [6.07, 6.45) is 6.97. The molecule has 0 spiro atoms. The lowest BCUT2D eigenvalue weighted by Crippen LogP contribution is -2.47. The number of carboxylic acid groups (broad SMARTS) is 1. The third-order valence-electron chi connectivity index (χ3n) is 6.71. The minimum absolute atomic E-state index is 0.00169. The van der Waals surface area contributed by atoms with Gasteiger partial charge in [-0.25, -0.2) is 4.79 Å². The summed E-state index contributed by atoms with van der Waals surface area (Å²) in [4.78, 5) is 28.7. The summed E-state index contributed by atoms with van der Waals surface area (Å²) < 4.78 is 5.71. The number of carbonyl (C=O) groups is 2. The Morgan fingerprint density at radius 2 is 1.82 bits per heavy atom. The molecule has 0 atom stereocenters. The van der Waals surface area contributed by atoms with E-state index in [1.165, 1.54) is 0 Å². The first-order valence-electron chi connectivity index (χ1n) is 12.2. The number of aliphatic hydroxyl groups excluding tert-OH is 1. The molecule has 0 bridgehead atoms. The fraction of sp³-hybridized carbons (Fsp3) is 0.692. The predicted octanol–water partition coefficient (Wildman–Crippen LogP) is 4.93. The van der Waals surface area contributed by atoms with Crippen molar-refractivity contribution in [3.05, 3.63) is 15.8 Å². The van der Waals surface area contributed by atoms with E-state index in [1.54, 1.807) is 6.07 Å². The highest BCUT2D eigenvalue weighted by molar-refractivity contribution is 7.15. The highest BCUT2D eigenvalue weighted by Gasteiger charge is 2.37. The lowest BCUT2D eigenvalue weighted by atomic mass is 9.81. The van der Waals surface area contributed by atoms with Crippen molar-refractivity contribution in [2.24, 2.45) is 17.8 Å². The number of rotatable bonds is 7. The zero-order valence-corrected chi connectivity index (χ0v) is 20.8. The molecular formula is C26H37NO5S. The van der Waals surface area contributed by atoms with Crippen molar-refractivity contribution in [3.63, 3.8) is 0 Å². The van der Waals surface area contributed by atoms with Crippen molar-refractivity contribution in [2.45, 2.75) is 84.3 Å². The van der Waals surface area contributed by atoms with Gasteiger partial charge in [0.2, 0.25) is 5.91 Å². The molecule has 0 saturated heterocycles. The van der Waals surface area contributed by atoms with Crippen LogP contribution in [-0.4, -0.2) is 47.4 Å². The summed E-state index contributed by atoms with van der Waals surface area (Å²) in [5, 5.41) is 19.0. The smallest absolute Gasteiger partial charge is 0.348 e. The lowest BCUT2D eigenvalue weighted by Gasteiger charge is -2.39. The van der Waals surface area contributed by atoms with Crippen LogP contribution < -0.4 is 4.90 Å². The Bertz CT molecular complexity index is 867. The van der Waals surface area contributed by atoms with E-state index in [1.807, 2.05) is 18.7 Å². The lowest BCUT2D eigenvalue weighted by molar-refractivity contribution is -0.124. The van der Waals surface area contributed by atoms with Gasteiger partial charge in [0.25, 0.3) is 0 Å². The van der Waals surface area contributed by atoms with Gasteiger partial charge < -0.3 is 19.8 Å². The Hall–Kier alpha value is -1.88. The molecule has 182 valence electrons. The van der Waals surface area contributed by atoms with Crippen LogP contribution in [0.2, 0.25) is 0 Å². The zero-order chi connectivity index (χ0) is 24.0. The molecule has 33 heavy (non-hydrogen) atoms. The minimum atomic E-state index is -1.01. The number of carbonyl (C=O) groups excluding carboxylic acids is 1. The maximum Gasteiger partial charge on any atom is 0.348 e. The topological polar surface area (TPSA) is 87.1 Å². The van der Waals surface area contributed by atoms with Gasteiger partial charge >= 0.3 is 5.97 Å². The molecule has 2 saturated carbocycles. The summed E-state index contributed by atoms with van der Waals surface area (Å²) in [6, 6.07) is 1.76. The van der Waals surface area contributed by atoms with Gasteiger partial charge in [-0.3, -0.25) is 4.79 Å². The molecule has 0 radical (unpaired) electrons. The highest BCUT2D eigenvalue weighted by Crippen LogP contribution is 2.39. The number of amides is 1. The van der Waals surface area contributed by atoms with Gasteiger partial charge in [-0.15, -0.1) is 11.3 Å². The molecule has 2 aliphatic rings. The first kappa shape index (κ1) is 25.7. The van der Waals surface area contributed by atoms with Crippen molar-refractivity contribution in [1.82, 2.24) is 0 Å². The fourth-order valence-corrected chi connectivity index (χ4v) is 5.73. The second kappa shape index (κ2) is 12.0. The van der Waals surface area contributed by atoms with Gasteiger partial charge in [-0.2, -0.15) is 0 Å². The van der Waals surface area contributed by atoms with E-state index >= 15 is 0 Å². The number of hydrogen-bond acceptors (Lipinski definition) is 5. The number of nitrogens with zero attached hydrogens (tertiary/aromatic N) is 1. The maximum atomic E-state index is 13.8. The molecule has 2 aliphatic carbocycles. The van der Waals surface area contributed by atoms with Gasteiger partial charge in [0, 0.05) is 17.9 Å². The highest BCUT2D eigenvalue weighted by atomic mass is 32.1. The van der Waals surface area contributed by atoms with Crippen molar-refractivity contribution in [3.8, 4) is 11.8 Å². The van der Waals surface area contributed by atoms with Crippen LogP contribution in [0.25, 0.3) is 0 Å². The molecule has 0 aliphatic heterocycles. The molecule has 0 aromatic carbocycles. The average molecular weight is 476 g/mol. The molecule has 1 aromatic heterocycles. The monoisotopic (exact) mass is 475 g/mol. The number of thiophene rings is 1. The molecular weight excluding hydrogens is 438 g/mol. The first-order valence-corrected chi connectivity index (χ1v) is 13.1. The van der Waals surface area contributed by atoms with Crippen LogP contribution in [0.15, 0.2) is 6.07 Å². The van der Waals surface area contributed by atoms with E-state index in [4.69, 9.17) is 9.84 Å². The van der Waals surface area contributed by atoms with Crippen LogP contribution in [0.5, 0.6) is 0 Å². The summed E-state index contributed by atoms with van der Waals surface area (Å²) in [6.45, 7) is 6.55. The van der Waals surface area contributed by atoms with Crippen molar-refractivity contribution in [2.75, 3.05) is 18.1 Å². The van der Waals surface area contributed by atoms with E-state index < -0.39 is 5.97 Å². The molecule has 0 unspecified atom stereocenters. The minimum Gasteiger partial charge on any atom is -0.477 e. The number of anilines is 1.